The number of aryl methyl sites for hydroxylation is 1. The summed E-state index contributed by atoms with van der Waals surface area (Å²) in [4.78, 5) is 11.9. The number of rotatable bonds is 6. The Kier molecular flexibility index (Phi) is 6.14. The maximum absolute atomic E-state index is 9.09. The summed E-state index contributed by atoms with van der Waals surface area (Å²) in [6.45, 7) is 2.64. The van der Waals surface area contributed by atoms with Crippen LogP contribution in [0.25, 0.3) is 17.0 Å². The first-order valence-electron chi connectivity index (χ1n) is 8.85. The second-order valence-electron chi connectivity index (χ2n) is 6.13. The molecule has 7 heteroatoms. The highest BCUT2D eigenvalue weighted by atomic mass is 32.1. The van der Waals surface area contributed by atoms with Gasteiger partial charge in [0, 0.05) is 17.5 Å². The molecule has 3 rings (SSSR count). The molecule has 0 unspecified atom stereocenters. The molecule has 0 spiro atoms. The number of aromatic amines is 1. The molecular formula is C21H20N6S. The van der Waals surface area contributed by atoms with Gasteiger partial charge in [0.05, 0.1) is 41.0 Å². The quantitative estimate of drug-likeness (QED) is 0.557. The minimum atomic E-state index is 0.323. The summed E-state index contributed by atoms with van der Waals surface area (Å²) < 4.78 is 0.323. The van der Waals surface area contributed by atoms with E-state index in [2.05, 4.69) is 33.3 Å². The molecule has 140 valence electrons. The van der Waals surface area contributed by atoms with Crippen LogP contribution in [0, 0.1) is 16.1 Å². The van der Waals surface area contributed by atoms with Crippen molar-refractivity contribution in [3.05, 3.63) is 82.1 Å². The fraction of sp³-hybridized carbons (Fsp3) is 0.143. The average molecular weight is 389 g/mol. The number of hydrogen-bond acceptors (Lipinski definition) is 6. The summed E-state index contributed by atoms with van der Waals surface area (Å²) >= 11 is 5.24. The van der Waals surface area contributed by atoms with Crippen molar-refractivity contribution in [1.82, 2.24) is 20.3 Å². The molecule has 3 aromatic rings. The van der Waals surface area contributed by atoms with Crippen molar-refractivity contribution in [2.75, 3.05) is 0 Å². The summed E-state index contributed by atoms with van der Waals surface area (Å²) in [5, 5.41) is 12.3. The first-order chi connectivity index (χ1) is 13.6. The van der Waals surface area contributed by atoms with Crippen molar-refractivity contribution in [1.29, 1.82) is 5.26 Å². The van der Waals surface area contributed by atoms with E-state index in [-0.39, 0.29) is 0 Å². The van der Waals surface area contributed by atoms with E-state index >= 15 is 0 Å². The van der Waals surface area contributed by atoms with E-state index in [1.54, 1.807) is 18.3 Å². The molecule has 0 bridgehead atoms. The Hall–Kier alpha value is -3.50. The third kappa shape index (κ3) is 4.81. The topological polar surface area (TPSA) is 103 Å². The van der Waals surface area contributed by atoms with Gasteiger partial charge in [0.2, 0.25) is 0 Å². The van der Waals surface area contributed by atoms with E-state index in [4.69, 9.17) is 23.2 Å². The first-order valence-corrected chi connectivity index (χ1v) is 9.26. The molecule has 1 aromatic carbocycles. The molecule has 2 heterocycles. The summed E-state index contributed by atoms with van der Waals surface area (Å²) in [6.07, 6.45) is 2.62. The Balaban J connectivity index is 1.80. The van der Waals surface area contributed by atoms with Gasteiger partial charge >= 0.3 is 0 Å². The Labute approximate surface area is 168 Å². The zero-order valence-electron chi connectivity index (χ0n) is 15.4. The predicted molar refractivity (Wildman–Crippen MR) is 112 cm³/mol. The molecule has 0 atom stereocenters. The highest BCUT2D eigenvalue weighted by Crippen LogP contribution is 2.20. The lowest BCUT2D eigenvalue weighted by atomic mass is 10.1. The Bertz CT molecular complexity index is 1110. The molecule has 2 aromatic heterocycles. The lowest BCUT2D eigenvalue weighted by Gasteiger charge is -2.08. The maximum atomic E-state index is 9.09. The van der Waals surface area contributed by atoms with Crippen LogP contribution < -0.4 is 11.1 Å². The van der Waals surface area contributed by atoms with Crippen LogP contribution in [-0.2, 0) is 13.0 Å². The van der Waals surface area contributed by atoms with E-state index in [9.17, 15) is 0 Å². The number of nitriles is 1. The van der Waals surface area contributed by atoms with E-state index in [1.807, 2.05) is 36.4 Å². The van der Waals surface area contributed by atoms with Crippen molar-refractivity contribution in [3.8, 4) is 17.3 Å². The molecule has 28 heavy (non-hydrogen) atoms. The Morgan fingerprint density at radius 3 is 2.79 bits per heavy atom. The highest BCUT2D eigenvalue weighted by Gasteiger charge is 2.06. The van der Waals surface area contributed by atoms with Crippen LogP contribution >= 0.6 is 12.2 Å². The van der Waals surface area contributed by atoms with Gasteiger partial charge in [-0.2, -0.15) is 5.26 Å². The van der Waals surface area contributed by atoms with Gasteiger partial charge in [-0.05, 0) is 49.0 Å². The fourth-order valence-electron chi connectivity index (χ4n) is 2.68. The van der Waals surface area contributed by atoms with Gasteiger partial charge in [0.25, 0.3) is 0 Å². The number of nitrogens with zero attached hydrogens (tertiary/aromatic N) is 3. The number of aromatic nitrogens is 3. The van der Waals surface area contributed by atoms with Gasteiger partial charge in [-0.3, -0.25) is 4.98 Å². The molecule has 0 fully saturated rings. The van der Waals surface area contributed by atoms with E-state index < -0.39 is 0 Å². The van der Waals surface area contributed by atoms with Crippen molar-refractivity contribution >= 4 is 17.9 Å². The number of benzene rings is 1. The lowest BCUT2D eigenvalue weighted by molar-refractivity contribution is 0.821. The molecule has 0 saturated heterocycles. The van der Waals surface area contributed by atoms with Crippen molar-refractivity contribution < 1.29 is 0 Å². The summed E-state index contributed by atoms with van der Waals surface area (Å²) in [7, 11) is 0. The van der Waals surface area contributed by atoms with Crippen LogP contribution in [0.2, 0.25) is 0 Å². The van der Waals surface area contributed by atoms with Gasteiger partial charge in [0.15, 0.2) is 4.77 Å². The van der Waals surface area contributed by atoms with Crippen LogP contribution in [-0.4, -0.2) is 15.0 Å². The number of nitrogens with two attached hydrogens (primary N) is 1. The number of nitrogens with one attached hydrogen (secondary N) is 2. The molecule has 0 aliphatic heterocycles. The monoisotopic (exact) mass is 388 g/mol. The van der Waals surface area contributed by atoms with Crippen LogP contribution in [0.3, 0.4) is 0 Å². The van der Waals surface area contributed by atoms with Gasteiger partial charge in [0.1, 0.15) is 0 Å². The van der Waals surface area contributed by atoms with E-state index in [0.717, 1.165) is 23.4 Å². The first kappa shape index (κ1) is 19.3. The zero-order chi connectivity index (χ0) is 19.9. The molecule has 0 aliphatic rings. The zero-order valence-corrected chi connectivity index (χ0v) is 16.3. The smallest absolute Gasteiger partial charge is 0.197 e. The number of pyridine rings is 1. The van der Waals surface area contributed by atoms with E-state index in [0.29, 0.717) is 34.0 Å². The highest BCUT2D eigenvalue weighted by molar-refractivity contribution is 7.71. The average Bonchev–Trinajstić information content (AvgIpc) is 2.73. The number of H-pyrrole nitrogens is 1. The Morgan fingerprint density at radius 1 is 1.21 bits per heavy atom. The van der Waals surface area contributed by atoms with Crippen molar-refractivity contribution in [2.45, 2.75) is 19.9 Å². The van der Waals surface area contributed by atoms with Crippen LogP contribution in [0.5, 0.6) is 0 Å². The lowest BCUT2D eigenvalue weighted by Crippen LogP contribution is -2.11. The molecule has 4 N–H and O–H groups in total. The van der Waals surface area contributed by atoms with Crippen LogP contribution in [0.1, 0.15) is 29.6 Å². The summed E-state index contributed by atoms with van der Waals surface area (Å²) in [6, 6.07) is 17.1. The fourth-order valence-corrected chi connectivity index (χ4v) is 2.89. The largest absolute Gasteiger partial charge is 0.396 e. The third-order valence-electron chi connectivity index (χ3n) is 4.11. The second-order valence-corrected chi connectivity index (χ2v) is 6.52. The third-order valence-corrected chi connectivity index (χ3v) is 4.30. The molecule has 0 saturated carbocycles. The van der Waals surface area contributed by atoms with Gasteiger partial charge in [-0.15, -0.1) is 0 Å². The SMILES string of the molecule is CCc1cccc(CN/C=C(\N)c2cc(-c3cccc(C#N)c3)nc(=S)[nH]2)n1. The predicted octanol–water partition coefficient (Wildman–Crippen LogP) is 3.68. The van der Waals surface area contributed by atoms with Crippen LogP contribution in [0.4, 0.5) is 0 Å². The van der Waals surface area contributed by atoms with Gasteiger partial charge in [-0.25, -0.2) is 4.98 Å². The minimum absolute atomic E-state index is 0.323. The van der Waals surface area contributed by atoms with Crippen molar-refractivity contribution in [2.24, 2.45) is 5.73 Å². The molecule has 0 amide bonds. The molecule has 0 radical (unpaired) electrons. The second kappa shape index (κ2) is 8.93. The maximum Gasteiger partial charge on any atom is 0.197 e. The normalized spacial score (nSPS) is 11.1. The van der Waals surface area contributed by atoms with Gasteiger partial charge < -0.3 is 16.0 Å². The molecular weight excluding hydrogens is 368 g/mol. The van der Waals surface area contributed by atoms with Crippen molar-refractivity contribution in [3.63, 3.8) is 0 Å². The summed E-state index contributed by atoms with van der Waals surface area (Å²) in [5.41, 5.74) is 11.4. The molecule has 6 nitrogen and oxygen atoms in total. The summed E-state index contributed by atoms with van der Waals surface area (Å²) in [5.74, 6) is 0. The van der Waals surface area contributed by atoms with Gasteiger partial charge in [-0.1, -0.05) is 25.1 Å². The minimum Gasteiger partial charge on any atom is -0.396 e. The Morgan fingerprint density at radius 2 is 2.00 bits per heavy atom. The standard InChI is InChI=1S/C21H20N6S/c1-2-16-7-4-8-17(25-16)12-24-13-18(23)20-10-19(26-21(28)27-20)15-6-3-5-14(9-15)11-22/h3-10,13,24H,2,12,23H2,1H3,(H,26,27,28)/b18-13-. The molecule has 0 aliphatic carbocycles. The van der Waals surface area contributed by atoms with Crippen LogP contribution in [0.15, 0.2) is 54.7 Å². The van der Waals surface area contributed by atoms with E-state index in [1.165, 1.54) is 0 Å². The number of hydrogen-bond donors (Lipinski definition) is 3.